The van der Waals surface area contributed by atoms with E-state index < -0.39 is 5.60 Å². The Morgan fingerprint density at radius 2 is 1.94 bits per heavy atom. The van der Waals surface area contributed by atoms with Crippen molar-refractivity contribution in [1.82, 2.24) is 0 Å². The van der Waals surface area contributed by atoms with Crippen molar-refractivity contribution in [3.8, 4) is 11.8 Å². The molecule has 0 saturated heterocycles. The highest BCUT2D eigenvalue weighted by Gasteiger charge is 2.35. The molecule has 0 amide bonds. The van der Waals surface area contributed by atoms with E-state index in [1.165, 1.54) is 24.3 Å². The Kier molecular flexibility index (Phi) is 3.26. The Morgan fingerprint density at radius 3 is 2.59 bits per heavy atom. The van der Waals surface area contributed by atoms with Crippen LogP contribution in [0.15, 0.2) is 24.3 Å². The molecular weight excluding hydrogens is 219 g/mol. The summed E-state index contributed by atoms with van der Waals surface area (Å²) in [5.74, 6) is 4.80. The molecule has 0 heterocycles. The van der Waals surface area contributed by atoms with E-state index in [4.69, 9.17) is 0 Å². The molecule has 88 valence electrons. The first-order valence-corrected chi connectivity index (χ1v) is 5.65. The van der Waals surface area contributed by atoms with Gasteiger partial charge >= 0.3 is 0 Å². The second kappa shape index (κ2) is 4.68. The second-order valence-electron chi connectivity index (χ2n) is 4.25. The molecular formula is C14H13FO2. The minimum atomic E-state index is -1.51. The standard InChI is InChI=1S/C14H13FO2/c15-12-6-4-11(5-7-12)8-10-14(17)9-2-1-3-13(14)16/h4-7,17H,1-3,9H2. The Hall–Kier alpha value is -1.66. The maximum atomic E-state index is 12.7. The lowest BCUT2D eigenvalue weighted by molar-refractivity contribution is -0.134. The van der Waals surface area contributed by atoms with E-state index in [0.717, 1.165) is 12.8 Å². The number of carbonyl (C=O) groups is 1. The number of benzene rings is 1. The third-order valence-electron chi connectivity index (χ3n) is 2.91. The summed E-state index contributed by atoms with van der Waals surface area (Å²) in [5.41, 5.74) is -0.912. The van der Waals surface area contributed by atoms with Crippen molar-refractivity contribution in [2.24, 2.45) is 0 Å². The van der Waals surface area contributed by atoms with Crippen LogP contribution in [0.5, 0.6) is 0 Å². The largest absolute Gasteiger partial charge is 0.371 e. The summed E-state index contributed by atoms with van der Waals surface area (Å²) < 4.78 is 12.7. The van der Waals surface area contributed by atoms with Gasteiger partial charge in [-0.1, -0.05) is 11.8 Å². The van der Waals surface area contributed by atoms with E-state index in [-0.39, 0.29) is 11.6 Å². The number of carbonyl (C=O) groups excluding carboxylic acids is 1. The summed E-state index contributed by atoms with van der Waals surface area (Å²) in [6.45, 7) is 0. The molecule has 2 rings (SSSR count). The van der Waals surface area contributed by atoms with Crippen molar-refractivity contribution in [3.05, 3.63) is 35.6 Å². The summed E-state index contributed by atoms with van der Waals surface area (Å²) in [6.07, 6.45) is 2.40. The lowest BCUT2D eigenvalue weighted by Gasteiger charge is -2.24. The lowest BCUT2D eigenvalue weighted by Crippen LogP contribution is -2.39. The van der Waals surface area contributed by atoms with Crippen LogP contribution in [0.1, 0.15) is 31.2 Å². The Morgan fingerprint density at radius 1 is 1.24 bits per heavy atom. The van der Waals surface area contributed by atoms with E-state index in [9.17, 15) is 14.3 Å². The quantitative estimate of drug-likeness (QED) is 0.695. The Balaban J connectivity index is 2.20. The van der Waals surface area contributed by atoms with Crippen LogP contribution in [0, 0.1) is 17.7 Å². The molecule has 1 fully saturated rings. The highest BCUT2D eigenvalue weighted by atomic mass is 19.1. The van der Waals surface area contributed by atoms with Gasteiger partial charge in [-0.15, -0.1) is 0 Å². The SMILES string of the molecule is O=C1CCCCC1(O)C#Cc1ccc(F)cc1. The number of Topliss-reactive ketones (excluding diaryl/α,β-unsaturated/α-hetero) is 1. The van der Waals surface area contributed by atoms with Gasteiger partial charge in [0, 0.05) is 12.0 Å². The van der Waals surface area contributed by atoms with Crippen LogP contribution < -0.4 is 0 Å². The van der Waals surface area contributed by atoms with Gasteiger partial charge in [0.1, 0.15) is 5.82 Å². The number of aliphatic hydroxyl groups is 1. The topological polar surface area (TPSA) is 37.3 Å². The van der Waals surface area contributed by atoms with Crippen molar-refractivity contribution in [2.45, 2.75) is 31.3 Å². The molecule has 17 heavy (non-hydrogen) atoms. The highest BCUT2D eigenvalue weighted by Crippen LogP contribution is 2.24. The molecule has 1 saturated carbocycles. The van der Waals surface area contributed by atoms with Gasteiger partial charge in [0.2, 0.25) is 0 Å². The number of rotatable bonds is 0. The molecule has 2 nitrogen and oxygen atoms in total. The molecule has 1 aliphatic carbocycles. The normalized spacial score (nSPS) is 24.0. The van der Waals surface area contributed by atoms with E-state index in [1.54, 1.807) is 0 Å². The summed E-state index contributed by atoms with van der Waals surface area (Å²) in [7, 11) is 0. The zero-order valence-electron chi connectivity index (χ0n) is 9.37. The fraction of sp³-hybridized carbons (Fsp3) is 0.357. The van der Waals surface area contributed by atoms with Crippen LogP contribution in [0.4, 0.5) is 4.39 Å². The fourth-order valence-corrected chi connectivity index (χ4v) is 1.85. The first-order chi connectivity index (χ1) is 8.10. The molecule has 1 aromatic carbocycles. The van der Waals surface area contributed by atoms with Gasteiger partial charge in [0.15, 0.2) is 11.4 Å². The van der Waals surface area contributed by atoms with Crippen LogP contribution in [0.25, 0.3) is 0 Å². The molecule has 0 aromatic heterocycles. The van der Waals surface area contributed by atoms with E-state index in [0.29, 0.717) is 18.4 Å². The first-order valence-electron chi connectivity index (χ1n) is 5.65. The lowest BCUT2D eigenvalue weighted by atomic mass is 9.84. The Labute approximate surface area is 99.5 Å². The van der Waals surface area contributed by atoms with Crippen LogP contribution in [0.2, 0.25) is 0 Å². The molecule has 1 unspecified atom stereocenters. The molecule has 1 N–H and O–H groups in total. The van der Waals surface area contributed by atoms with Crippen molar-refractivity contribution in [3.63, 3.8) is 0 Å². The van der Waals surface area contributed by atoms with Gasteiger partial charge < -0.3 is 5.11 Å². The minimum Gasteiger partial charge on any atom is -0.371 e. The van der Waals surface area contributed by atoms with Gasteiger partial charge in [-0.25, -0.2) is 4.39 Å². The third-order valence-corrected chi connectivity index (χ3v) is 2.91. The van der Waals surface area contributed by atoms with Crippen molar-refractivity contribution < 1.29 is 14.3 Å². The number of ketones is 1. The van der Waals surface area contributed by atoms with E-state index >= 15 is 0 Å². The van der Waals surface area contributed by atoms with Crippen LogP contribution in [-0.2, 0) is 4.79 Å². The van der Waals surface area contributed by atoms with Crippen LogP contribution >= 0.6 is 0 Å². The maximum absolute atomic E-state index is 12.7. The smallest absolute Gasteiger partial charge is 0.184 e. The van der Waals surface area contributed by atoms with Crippen molar-refractivity contribution in [2.75, 3.05) is 0 Å². The predicted octanol–water partition coefficient (Wildman–Crippen LogP) is 2.05. The average Bonchev–Trinajstić information content (AvgIpc) is 2.33. The molecule has 0 bridgehead atoms. The molecule has 0 aliphatic heterocycles. The molecule has 3 heteroatoms. The van der Waals surface area contributed by atoms with Crippen LogP contribution in [0.3, 0.4) is 0 Å². The highest BCUT2D eigenvalue weighted by molar-refractivity contribution is 5.91. The number of hydrogen-bond donors (Lipinski definition) is 1. The summed E-state index contributed by atoms with van der Waals surface area (Å²) in [6, 6.07) is 5.66. The first kappa shape index (κ1) is 11.8. The maximum Gasteiger partial charge on any atom is 0.184 e. The van der Waals surface area contributed by atoms with Crippen molar-refractivity contribution >= 4 is 5.78 Å². The fourth-order valence-electron chi connectivity index (χ4n) is 1.85. The minimum absolute atomic E-state index is 0.210. The van der Waals surface area contributed by atoms with Crippen molar-refractivity contribution in [1.29, 1.82) is 0 Å². The van der Waals surface area contributed by atoms with Gasteiger partial charge in [-0.3, -0.25) is 4.79 Å². The molecule has 0 radical (unpaired) electrons. The Bertz CT molecular complexity index is 481. The van der Waals surface area contributed by atoms with Gasteiger partial charge in [0.05, 0.1) is 0 Å². The zero-order valence-corrected chi connectivity index (χ0v) is 9.37. The predicted molar refractivity (Wildman–Crippen MR) is 61.7 cm³/mol. The summed E-state index contributed by atoms with van der Waals surface area (Å²) in [4.78, 5) is 11.6. The second-order valence-corrected chi connectivity index (χ2v) is 4.25. The number of halogens is 1. The third kappa shape index (κ3) is 2.72. The number of hydrogen-bond acceptors (Lipinski definition) is 2. The van der Waals surface area contributed by atoms with Gasteiger partial charge in [-0.2, -0.15) is 0 Å². The summed E-state index contributed by atoms with van der Waals surface area (Å²) >= 11 is 0. The molecule has 0 spiro atoms. The van der Waals surface area contributed by atoms with E-state index in [1.807, 2.05) is 0 Å². The van der Waals surface area contributed by atoms with E-state index in [2.05, 4.69) is 11.8 Å². The molecule has 1 aromatic rings. The monoisotopic (exact) mass is 232 g/mol. The molecule has 1 aliphatic rings. The van der Waals surface area contributed by atoms with Gasteiger partial charge in [-0.05, 0) is 43.5 Å². The van der Waals surface area contributed by atoms with Gasteiger partial charge in [0.25, 0.3) is 0 Å². The summed E-state index contributed by atoms with van der Waals surface area (Å²) in [5, 5.41) is 10.1. The molecule has 1 atom stereocenters. The van der Waals surface area contributed by atoms with Crippen LogP contribution in [-0.4, -0.2) is 16.5 Å². The average molecular weight is 232 g/mol. The zero-order chi connectivity index (χ0) is 12.3.